The Morgan fingerprint density at radius 2 is 1.05 bits per heavy atom. The molecule has 2 rings (SSSR count). The third-order valence-electron chi connectivity index (χ3n) is 2.02. The Morgan fingerprint density at radius 1 is 0.750 bits per heavy atom. The number of nitrogens with two attached hydrogens (primary N) is 1. The predicted octanol–water partition coefficient (Wildman–Crippen LogP) is 2.34. The van der Waals surface area contributed by atoms with Crippen LogP contribution in [0.5, 0.6) is 0 Å². The Hall–Kier alpha value is -2.66. The first-order valence-electron chi connectivity index (χ1n) is 5.75. The molecule has 2 aromatic carbocycles. The maximum absolute atomic E-state index is 10.4. The molecular weight excluding hydrogens is 258 g/mol. The van der Waals surface area contributed by atoms with Crippen LogP contribution < -0.4 is 5.73 Å². The minimum atomic E-state index is -1.13. The molecule has 0 atom stereocenters. The van der Waals surface area contributed by atoms with Crippen molar-refractivity contribution in [2.24, 2.45) is 5.73 Å². The van der Waals surface area contributed by atoms with E-state index >= 15 is 0 Å². The van der Waals surface area contributed by atoms with E-state index in [9.17, 15) is 9.59 Å². The average Bonchev–Trinajstić information content (AvgIpc) is 2.51. The first kappa shape index (κ1) is 17.3. The van der Waals surface area contributed by atoms with E-state index < -0.39 is 11.9 Å². The van der Waals surface area contributed by atoms with Crippen LogP contribution >= 0.6 is 0 Å². The lowest BCUT2D eigenvalue weighted by Crippen LogP contribution is -2.01. The average molecular weight is 275 g/mol. The molecule has 0 fully saturated rings. The van der Waals surface area contributed by atoms with E-state index in [1.165, 1.54) is 25.2 Å². The third kappa shape index (κ3) is 6.93. The van der Waals surface area contributed by atoms with E-state index in [2.05, 4.69) is 5.73 Å². The zero-order chi connectivity index (χ0) is 15.4. The van der Waals surface area contributed by atoms with E-state index in [4.69, 9.17) is 10.2 Å². The van der Waals surface area contributed by atoms with Crippen molar-refractivity contribution in [1.29, 1.82) is 0 Å². The van der Waals surface area contributed by atoms with Crippen LogP contribution in [0, 0.1) is 0 Å². The minimum absolute atomic E-state index is 0.0186. The van der Waals surface area contributed by atoms with Gasteiger partial charge in [-0.1, -0.05) is 42.5 Å². The standard InChI is InChI=1S/C8H6O4.C6H6.CH5N/c9-7(10)5-2-1-3-6(4-5)8(11)12;1-2-4-6-5-3-1;1-2/h1-4H,(H,9,10)(H,11,12);1-6H;2H2,1H3. The number of carboxylic acid groups (broad SMARTS) is 2. The summed E-state index contributed by atoms with van der Waals surface area (Å²) in [6, 6.07) is 17.2. The SMILES string of the molecule is CN.O=C(O)c1cccc(C(=O)O)c1.c1ccccc1. The number of hydrogen-bond donors (Lipinski definition) is 3. The van der Waals surface area contributed by atoms with Crippen molar-refractivity contribution in [3.05, 3.63) is 71.8 Å². The first-order chi connectivity index (χ1) is 9.61. The van der Waals surface area contributed by atoms with Crippen molar-refractivity contribution in [3.8, 4) is 0 Å². The largest absolute Gasteiger partial charge is 0.478 e. The second-order valence-corrected chi connectivity index (χ2v) is 3.35. The van der Waals surface area contributed by atoms with Crippen molar-refractivity contribution < 1.29 is 19.8 Å². The van der Waals surface area contributed by atoms with Crippen molar-refractivity contribution in [3.63, 3.8) is 0 Å². The molecule has 0 saturated carbocycles. The van der Waals surface area contributed by atoms with Gasteiger partial charge in [0.1, 0.15) is 0 Å². The number of benzene rings is 2. The lowest BCUT2D eigenvalue weighted by molar-refractivity contribution is 0.0696. The number of carbonyl (C=O) groups is 2. The van der Waals surface area contributed by atoms with Crippen LogP contribution in [0.25, 0.3) is 0 Å². The maximum Gasteiger partial charge on any atom is 0.335 e. The van der Waals surface area contributed by atoms with Gasteiger partial charge in [-0.2, -0.15) is 0 Å². The summed E-state index contributed by atoms with van der Waals surface area (Å²) in [6.07, 6.45) is 0. The van der Waals surface area contributed by atoms with Gasteiger partial charge in [0.15, 0.2) is 0 Å². The van der Waals surface area contributed by atoms with Gasteiger partial charge in [0.05, 0.1) is 11.1 Å². The lowest BCUT2D eigenvalue weighted by Gasteiger charge is -1.95. The van der Waals surface area contributed by atoms with Gasteiger partial charge in [-0.15, -0.1) is 0 Å². The summed E-state index contributed by atoms with van der Waals surface area (Å²) in [7, 11) is 1.50. The third-order valence-corrected chi connectivity index (χ3v) is 2.02. The molecule has 5 heteroatoms. The summed E-state index contributed by atoms with van der Waals surface area (Å²) in [5.41, 5.74) is 4.46. The van der Waals surface area contributed by atoms with Gasteiger partial charge in [-0.3, -0.25) is 0 Å². The molecular formula is C15H17NO4. The quantitative estimate of drug-likeness (QED) is 0.781. The van der Waals surface area contributed by atoms with Crippen LogP contribution in [0.2, 0.25) is 0 Å². The highest BCUT2D eigenvalue weighted by molar-refractivity contribution is 5.93. The second kappa shape index (κ2) is 10.3. The van der Waals surface area contributed by atoms with E-state index in [0.29, 0.717) is 0 Å². The Labute approximate surface area is 117 Å². The normalized spacial score (nSPS) is 8.30. The molecule has 0 saturated heterocycles. The van der Waals surface area contributed by atoms with E-state index in [0.717, 1.165) is 6.07 Å². The Balaban J connectivity index is 0.000000377. The summed E-state index contributed by atoms with van der Waals surface area (Å²) in [6.45, 7) is 0. The molecule has 0 aliphatic heterocycles. The van der Waals surface area contributed by atoms with Crippen molar-refractivity contribution in [2.75, 3.05) is 7.05 Å². The fourth-order valence-electron chi connectivity index (χ4n) is 1.17. The Kier molecular flexibility index (Phi) is 8.91. The van der Waals surface area contributed by atoms with E-state index in [1.54, 1.807) is 0 Å². The topological polar surface area (TPSA) is 101 Å². The van der Waals surface area contributed by atoms with Crippen molar-refractivity contribution in [2.45, 2.75) is 0 Å². The zero-order valence-corrected chi connectivity index (χ0v) is 11.1. The molecule has 2 aromatic rings. The lowest BCUT2D eigenvalue weighted by atomic mass is 10.1. The molecule has 0 aliphatic rings. The molecule has 0 bridgehead atoms. The van der Waals surface area contributed by atoms with E-state index in [-0.39, 0.29) is 11.1 Å². The number of carboxylic acids is 2. The Morgan fingerprint density at radius 3 is 1.30 bits per heavy atom. The molecule has 0 heterocycles. The molecule has 0 spiro atoms. The van der Waals surface area contributed by atoms with Gasteiger partial charge >= 0.3 is 11.9 Å². The molecule has 106 valence electrons. The molecule has 5 nitrogen and oxygen atoms in total. The number of hydrogen-bond acceptors (Lipinski definition) is 3. The molecule has 0 aliphatic carbocycles. The van der Waals surface area contributed by atoms with Gasteiger partial charge in [0.2, 0.25) is 0 Å². The van der Waals surface area contributed by atoms with Crippen molar-refractivity contribution >= 4 is 11.9 Å². The predicted molar refractivity (Wildman–Crippen MR) is 76.9 cm³/mol. The highest BCUT2D eigenvalue weighted by atomic mass is 16.4. The molecule has 0 unspecified atom stereocenters. The Bertz CT molecular complexity index is 470. The highest BCUT2D eigenvalue weighted by Crippen LogP contribution is 2.04. The highest BCUT2D eigenvalue weighted by Gasteiger charge is 2.06. The van der Waals surface area contributed by atoms with Crippen LogP contribution in [0.15, 0.2) is 60.7 Å². The van der Waals surface area contributed by atoms with Gasteiger partial charge in [0, 0.05) is 0 Å². The van der Waals surface area contributed by atoms with Crippen LogP contribution in [0.3, 0.4) is 0 Å². The van der Waals surface area contributed by atoms with Crippen LogP contribution in [0.1, 0.15) is 20.7 Å². The number of aromatic carboxylic acids is 2. The fourth-order valence-corrected chi connectivity index (χ4v) is 1.17. The van der Waals surface area contributed by atoms with Gasteiger partial charge < -0.3 is 15.9 Å². The smallest absolute Gasteiger partial charge is 0.335 e. The summed E-state index contributed by atoms with van der Waals surface area (Å²) in [5, 5.41) is 17.0. The minimum Gasteiger partial charge on any atom is -0.478 e. The zero-order valence-electron chi connectivity index (χ0n) is 11.1. The molecule has 0 amide bonds. The van der Waals surface area contributed by atoms with Gasteiger partial charge in [0.25, 0.3) is 0 Å². The fraction of sp³-hybridized carbons (Fsp3) is 0.0667. The summed E-state index contributed by atoms with van der Waals surface area (Å²) in [5.74, 6) is -2.25. The van der Waals surface area contributed by atoms with E-state index in [1.807, 2.05) is 36.4 Å². The monoisotopic (exact) mass is 275 g/mol. The summed E-state index contributed by atoms with van der Waals surface area (Å²) in [4.78, 5) is 20.8. The van der Waals surface area contributed by atoms with Crippen LogP contribution in [0.4, 0.5) is 0 Å². The molecule has 4 N–H and O–H groups in total. The van der Waals surface area contributed by atoms with Gasteiger partial charge in [-0.25, -0.2) is 9.59 Å². The summed E-state index contributed by atoms with van der Waals surface area (Å²) < 4.78 is 0. The number of rotatable bonds is 2. The van der Waals surface area contributed by atoms with Crippen LogP contribution in [-0.4, -0.2) is 29.2 Å². The second-order valence-electron chi connectivity index (χ2n) is 3.35. The van der Waals surface area contributed by atoms with Crippen molar-refractivity contribution in [1.82, 2.24) is 0 Å². The molecule has 0 aromatic heterocycles. The first-order valence-corrected chi connectivity index (χ1v) is 5.75. The molecule has 20 heavy (non-hydrogen) atoms. The summed E-state index contributed by atoms with van der Waals surface area (Å²) >= 11 is 0. The van der Waals surface area contributed by atoms with Gasteiger partial charge in [-0.05, 0) is 25.2 Å². The maximum atomic E-state index is 10.4. The van der Waals surface area contributed by atoms with Crippen LogP contribution in [-0.2, 0) is 0 Å². The molecule has 0 radical (unpaired) electrons.